The average Bonchev–Trinajstić information content (AvgIpc) is 2.69. The highest BCUT2D eigenvalue weighted by atomic mass is 16.7. The molecule has 1 heterocycles. The van der Waals surface area contributed by atoms with Crippen LogP contribution >= 0.6 is 0 Å². The second-order valence-corrected chi connectivity index (χ2v) is 5.90. The molecule has 0 radical (unpaired) electrons. The highest BCUT2D eigenvalue weighted by Gasteiger charge is 2.27. The number of nitrogens with zero attached hydrogens (tertiary/aromatic N) is 1. The molecular weight excluding hydrogens is 356 g/mol. The summed E-state index contributed by atoms with van der Waals surface area (Å²) in [5.74, 6) is -0.729. The van der Waals surface area contributed by atoms with Crippen LogP contribution in [0.1, 0.15) is 10.4 Å². The minimum atomic E-state index is -0.963. The Kier molecular flexibility index (Phi) is 8.99. The summed E-state index contributed by atoms with van der Waals surface area (Å²) in [7, 11) is 1.59. The lowest BCUT2D eigenvalue weighted by Gasteiger charge is -2.31. The lowest BCUT2D eigenvalue weighted by Crippen LogP contribution is -2.52. The van der Waals surface area contributed by atoms with E-state index in [0.717, 1.165) is 0 Å². The van der Waals surface area contributed by atoms with Crippen molar-refractivity contribution in [2.75, 3.05) is 60.0 Å². The van der Waals surface area contributed by atoms with Crippen molar-refractivity contribution in [3.05, 3.63) is 29.8 Å². The standard InChI is InChI=1S/C18H26N2O7/c1-24-10-11-26-13-27-15-4-2-14(3-5-15)17(21)19-12-16(18(22)23)20-6-8-25-9-7-20/h2-5,16H,6-13H2,1H3,(H,19,21)(H,22,23). The van der Waals surface area contributed by atoms with Crippen LogP contribution in [0.15, 0.2) is 24.3 Å². The van der Waals surface area contributed by atoms with Gasteiger partial charge in [0.15, 0.2) is 6.79 Å². The molecule has 1 aliphatic heterocycles. The first-order valence-corrected chi connectivity index (χ1v) is 8.74. The number of amides is 1. The van der Waals surface area contributed by atoms with E-state index >= 15 is 0 Å². The molecule has 1 fully saturated rings. The maximum Gasteiger partial charge on any atom is 0.322 e. The molecule has 1 atom stereocenters. The Hall–Kier alpha value is -2.20. The van der Waals surface area contributed by atoms with Gasteiger partial charge in [-0.05, 0) is 24.3 Å². The van der Waals surface area contributed by atoms with Crippen LogP contribution in [0.5, 0.6) is 5.75 Å². The van der Waals surface area contributed by atoms with Crippen LogP contribution < -0.4 is 10.1 Å². The summed E-state index contributed by atoms with van der Waals surface area (Å²) in [6.07, 6.45) is 0. The van der Waals surface area contributed by atoms with Gasteiger partial charge in [-0.2, -0.15) is 0 Å². The van der Waals surface area contributed by atoms with Crippen molar-refractivity contribution in [2.45, 2.75) is 6.04 Å². The highest BCUT2D eigenvalue weighted by molar-refractivity contribution is 5.94. The van der Waals surface area contributed by atoms with Gasteiger partial charge in [0.1, 0.15) is 11.8 Å². The maximum absolute atomic E-state index is 12.3. The van der Waals surface area contributed by atoms with Crippen molar-refractivity contribution in [3.8, 4) is 5.75 Å². The van der Waals surface area contributed by atoms with Crippen molar-refractivity contribution >= 4 is 11.9 Å². The minimum Gasteiger partial charge on any atom is -0.480 e. The molecule has 150 valence electrons. The van der Waals surface area contributed by atoms with E-state index in [0.29, 0.717) is 50.8 Å². The van der Waals surface area contributed by atoms with Crippen LogP contribution in [0, 0.1) is 0 Å². The van der Waals surface area contributed by atoms with Gasteiger partial charge in [-0.15, -0.1) is 0 Å². The number of benzene rings is 1. The number of aliphatic carboxylic acids is 1. The number of carboxylic acid groups (broad SMARTS) is 1. The molecule has 2 N–H and O–H groups in total. The molecule has 0 saturated carbocycles. The zero-order chi connectivity index (χ0) is 19.5. The fraction of sp³-hybridized carbons (Fsp3) is 0.556. The van der Waals surface area contributed by atoms with Crippen molar-refractivity contribution in [1.82, 2.24) is 10.2 Å². The third-order valence-corrected chi connectivity index (χ3v) is 4.08. The maximum atomic E-state index is 12.3. The van der Waals surface area contributed by atoms with Gasteiger partial charge >= 0.3 is 5.97 Å². The van der Waals surface area contributed by atoms with Gasteiger partial charge < -0.3 is 29.4 Å². The second kappa shape index (κ2) is 11.5. The van der Waals surface area contributed by atoms with Crippen LogP contribution in [0.4, 0.5) is 0 Å². The first-order valence-electron chi connectivity index (χ1n) is 8.74. The summed E-state index contributed by atoms with van der Waals surface area (Å²) >= 11 is 0. The fourth-order valence-corrected chi connectivity index (χ4v) is 2.57. The molecule has 9 nitrogen and oxygen atoms in total. The fourth-order valence-electron chi connectivity index (χ4n) is 2.57. The van der Waals surface area contributed by atoms with Crippen molar-refractivity contribution in [1.29, 1.82) is 0 Å². The molecule has 9 heteroatoms. The van der Waals surface area contributed by atoms with E-state index in [4.69, 9.17) is 18.9 Å². The molecule has 0 bridgehead atoms. The van der Waals surface area contributed by atoms with Crippen LogP contribution in [-0.2, 0) is 19.0 Å². The zero-order valence-electron chi connectivity index (χ0n) is 15.4. The molecule has 1 aromatic carbocycles. The van der Waals surface area contributed by atoms with Crippen molar-refractivity contribution < 1.29 is 33.6 Å². The van der Waals surface area contributed by atoms with Crippen molar-refractivity contribution in [3.63, 3.8) is 0 Å². The van der Waals surface area contributed by atoms with Crippen LogP contribution in [0.25, 0.3) is 0 Å². The largest absolute Gasteiger partial charge is 0.480 e. The summed E-state index contributed by atoms with van der Waals surface area (Å²) in [6.45, 7) is 3.10. The molecule has 2 rings (SSSR count). The second-order valence-electron chi connectivity index (χ2n) is 5.90. The molecule has 1 aromatic rings. The zero-order valence-corrected chi connectivity index (χ0v) is 15.4. The Morgan fingerprint density at radius 1 is 1.22 bits per heavy atom. The minimum absolute atomic E-state index is 0.0275. The summed E-state index contributed by atoms with van der Waals surface area (Å²) in [4.78, 5) is 25.6. The first-order chi connectivity index (χ1) is 13.1. The molecule has 0 spiro atoms. The number of ether oxygens (including phenoxy) is 4. The Morgan fingerprint density at radius 2 is 1.93 bits per heavy atom. The number of nitrogens with one attached hydrogen (secondary N) is 1. The number of methoxy groups -OCH3 is 1. The Morgan fingerprint density at radius 3 is 2.56 bits per heavy atom. The summed E-state index contributed by atoms with van der Waals surface area (Å²) in [6, 6.07) is 5.77. The number of hydrogen-bond acceptors (Lipinski definition) is 7. The van der Waals surface area contributed by atoms with Crippen LogP contribution in [0.2, 0.25) is 0 Å². The van der Waals surface area contributed by atoms with Crippen LogP contribution in [-0.4, -0.2) is 87.9 Å². The SMILES string of the molecule is COCCOCOc1ccc(C(=O)NCC(C(=O)O)N2CCOCC2)cc1. The summed E-state index contributed by atoms with van der Waals surface area (Å²) in [5.41, 5.74) is 0.425. The number of hydrogen-bond donors (Lipinski definition) is 2. The smallest absolute Gasteiger partial charge is 0.322 e. The van der Waals surface area contributed by atoms with E-state index in [-0.39, 0.29) is 19.2 Å². The third-order valence-electron chi connectivity index (χ3n) is 4.08. The van der Waals surface area contributed by atoms with E-state index in [2.05, 4.69) is 5.32 Å². The highest BCUT2D eigenvalue weighted by Crippen LogP contribution is 2.12. The lowest BCUT2D eigenvalue weighted by molar-refractivity contribution is -0.144. The van der Waals surface area contributed by atoms with Gasteiger partial charge in [0.25, 0.3) is 5.91 Å². The number of carbonyl (C=O) groups excluding carboxylic acids is 1. The summed E-state index contributed by atoms with van der Waals surface area (Å²) < 4.78 is 20.7. The first kappa shape index (κ1) is 21.1. The molecule has 1 amide bonds. The van der Waals surface area contributed by atoms with E-state index < -0.39 is 12.0 Å². The van der Waals surface area contributed by atoms with Gasteiger partial charge in [0.05, 0.1) is 26.4 Å². The number of rotatable bonds is 11. The number of carbonyl (C=O) groups is 2. The predicted molar refractivity (Wildman–Crippen MR) is 95.9 cm³/mol. The molecule has 0 aromatic heterocycles. The molecule has 27 heavy (non-hydrogen) atoms. The summed E-state index contributed by atoms with van der Waals surface area (Å²) in [5, 5.41) is 12.1. The van der Waals surface area contributed by atoms with Gasteiger partial charge in [-0.1, -0.05) is 0 Å². The van der Waals surface area contributed by atoms with E-state index in [1.807, 2.05) is 0 Å². The Labute approximate surface area is 158 Å². The molecular formula is C18H26N2O7. The molecule has 1 saturated heterocycles. The quantitative estimate of drug-likeness (QED) is 0.413. The van der Waals surface area contributed by atoms with Gasteiger partial charge in [0.2, 0.25) is 0 Å². The van der Waals surface area contributed by atoms with Gasteiger partial charge in [0, 0.05) is 32.3 Å². The van der Waals surface area contributed by atoms with Gasteiger partial charge in [-0.25, -0.2) is 0 Å². The Bertz CT molecular complexity index is 588. The molecule has 1 aliphatic rings. The lowest BCUT2D eigenvalue weighted by atomic mass is 10.2. The topological polar surface area (TPSA) is 107 Å². The average molecular weight is 382 g/mol. The third kappa shape index (κ3) is 7.14. The molecule has 0 aliphatic carbocycles. The monoisotopic (exact) mass is 382 g/mol. The Balaban J connectivity index is 1.79. The number of carboxylic acids is 1. The van der Waals surface area contributed by atoms with Gasteiger partial charge in [-0.3, -0.25) is 14.5 Å². The van der Waals surface area contributed by atoms with Crippen molar-refractivity contribution in [2.24, 2.45) is 0 Å². The predicted octanol–water partition coefficient (Wildman–Crippen LogP) is 0.201. The van der Waals surface area contributed by atoms with E-state index in [1.54, 1.807) is 36.3 Å². The number of morpholine rings is 1. The normalized spacial score (nSPS) is 15.9. The van der Waals surface area contributed by atoms with Crippen LogP contribution in [0.3, 0.4) is 0 Å². The van der Waals surface area contributed by atoms with E-state index in [1.165, 1.54) is 0 Å². The molecule has 1 unspecified atom stereocenters. The van der Waals surface area contributed by atoms with E-state index in [9.17, 15) is 14.7 Å².